The second-order valence-electron chi connectivity index (χ2n) is 5.94. The SMILES string of the molecule is CCCC(CCO)CN=C(NCC)NCCNC(=O)c1ccccc1.I. The largest absolute Gasteiger partial charge is 0.396 e. The molecule has 1 aromatic rings. The minimum atomic E-state index is -0.0738. The minimum Gasteiger partial charge on any atom is -0.396 e. The van der Waals surface area contributed by atoms with Crippen molar-refractivity contribution in [1.82, 2.24) is 16.0 Å². The van der Waals surface area contributed by atoms with Crippen LogP contribution >= 0.6 is 24.0 Å². The van der Waals surface area contributed by atoms with E-state index in [9.17, 15) is 4.79 Å². The van der Waals surface area contributed by atoms with Crippen LogP contribution in [0.5, 0.6) is 0 Å². The number of benzene rings is 1. The van der Waals surface area contributed by atoms with Crippen LogP contribution in [0.2, 0.25) is 0 Å². The first-order valence-corrected chi connectivity index (χ1v) is 9.17. The first-order valence-electron chi connectivity index (χ1n) is 9.17. The number of nitrogens with zero attached hydrogens (tertiary/aromatic N) is 1. The van der Waals surface area contributed by atoms with E-state index in [2.05, 4.69) is 27.9 Å². The first-order chi connectivity index (χ1) is 12.2. The van der Waals surface area contributed by atoms with Gasteiger partial charge in [0.25, 0.3) is 5.91 Å². The number of guanidine groups is 1. The number of halogens is 1. The molecule has 0 saturated heterocycles. The maximum atomic E-state index is 12.0. The average Bonchev–Trinajstić information content (AvgIpc) is 2.63. The Balaban J connectivity index is 0.00000625. The third-order valence-corrected chi connectivity index (χ3v) is 3.83. The summed E-state index contributed by atoms with van der Waals surface area (Å²) in [6, 6.07) is 9.18. The van der Waals surface area contributed by atoms with Gasteiger partial charge >= 0.3 is 0 Å². The van der Waals surface area contributed by atoms with Gasteiger partial charge in [0.2, 0.25) is 0 Å². The van der Waals surface area contributed by atoms with E-state index in [0.717, 1.165) is 31.8 Å². The van der Waals surface area contributed by atoms with Gasteiger partial charge in [-0.15, -0.1) is 24.0 Å². The van der Waals surface area contributed by atoms with E-state index in [1.165, 1.54) is 0 Å². The third-order valence-electron chi connectivity index (χ3n) is 3.83. The number of aliphatic hydroxyl groups excluding tert-OH is 1. The lowest BCUT2D eigenvalue weighted by Gasteiger charge is -2.15. The van der Waals surface area contributed by atoms with Crippen molar-refractivity contribution < 1.29 is 9.90 Å². The molecule has 1 rings (SSSR count). The lowest BCUT2D eigenvalue weighted by molar-refractivity contribution is 0.0954. The Morgan fingerprint density at radius 1 is 1.08 bits per heavy atom. The summed E-state index contributed by atoms with van der Waals surface area (Å²) in [6.45, 7) is 6.96. The molecule has 1 aromatic carbocycles. The maximum Gasteiger partial charge on any atom is 0.251 e. The fourth-order valence-electron chi connectivity index (χ4n) is 2.53. The van der Waals surface area contributed by atoms with E-state index >= 15 is 0 Å². The summed E-state index contributed by atoms with van der Waals surface area (Å²) < 4.78 is 0. The first kappa shape index (κ1) is 24.7. The molecule has 148 valence electrons. The molecule has 6 nitrogen and oxygen atoms in total. The lowest BCUT2D eigenvalue weighted by atomic mass is 10.0. The van der Waals surface area contributed by atoms with Crippen LogP contribution in [0, 0.1) is 5.92 Å². The number of rotatable bonds is 11. The summed E-state index contributed by atoms with van der Waals surface area (Å²) in [4.78, 5) is 16.6. The Hall–Kier alpha value is -1.35. The van der Waals surface area contributed by atoms with Crippen molar-refractivity contribution in [3.8, 4) is 0 Å². The summed E-state index contributed by atoms with van der Waals surface area (Å²) in [5.74, 6) is 1.08. The van der Waals surface area contributed by atoms with Crippen molar-refractivity contribution in [1.29, 1.82) is 0 Å². The molecule has 7 heteroatoms. The van der Waals surface area contributed by atoms with Crippen LogP contribution in [-0.4, -0.2) is 49.8 Å². The molecule has 1 atom stereocenters. The minimum absolute atomic E-state index is 0. The summed E-state index contributed by atoms with van der Waals surface area (Å²) in [5.41, 5.74) is 0.662. The number of amides is 1. The van der Waals surface area contributed by atoms with Gasteiger partial charge < -0.3 is 21.1 Å². The zero-order chi connectivity index (χ0) is 18.3. The molecular weight excluding hydrogens is 443 g/mol. The zero-order valence-electron chi connectivity index (χ0n) is 15.8. The van der Waals surface area contributed by atoms with Gasteiger partial charge in [0.15, 0.2) is 5.96 Å². The van der Waals surface area contributed by atoms with Gasteiger partial charge in [0, 0.05) is 38.3 Å². The van der Waals surface area contributed by atoms with Crippen LogP contribution in [-0.2, 0) is 0 Å². The standard InChI is InChI=1S/C19H32N4O2.HI/c1-3-8-16(11-14-24)15-23-19(20-4-2)22-13-12-21-18(25)17-9-6-5-7-10-17;/h5-7,9-10,16,24H,3-4,8,11-15H2,1-2H3,(H,21,25)(H2,20,22,23);1H. The highest BCUT2D eigenvalue weighted by molar-refractivity contribution is 14.0. The number of aliphatic imine (C=N–C) groups is 1. The second-order valence-corrected chi connectivity index (χ2v) is 5.94. The quantitative estimate of drug-likeness (QED) is 0.171. The van der Waals surface area contributed by atoms with E-state index < -0.39 is 0 Å². The summed E-state index contributed by atoms with van der Waals surface area (Å²) >= 11 is 0. The number of aliphatic hydroxyl groups is 1. The smallest absolute Gasteiger partial charge is 0.251 e. The predicted octanol–water partition coefficient (Wildman–Crippen LogP) is 2.39. The van der Waals surface area contributed by atoms with E-state index in [0.29, 0.717) is 31.1 Å². The molecule has 0 bridgehead atoms. The Bertz CT molecular complexity index is 506. The number of hydrogen-bond donors (Lipinski definition) is 4. The highest BCUT2D eigenvalue weighted by Crippen LogP contribution is 2.10. The van der Waals surface area contributed by atoms with Gasteiger partial charge in [-0.25, -0.2) is 0 Å². The molecule has 0 spiro atoms. The molecule has 0 fully saturated rings. The van der Waals surface area contributed by atoms with E-state index in [1.807, 2.05) is 25.1 Å². The van der Waals surface area contributed by atoms with Gasteiger partial charge in [0.05, 0.1) is 0 Å². The molecule has 0 aliphatic heterocycles. The Morgan fingerprint density at radius 3 is 2.38 bits per heavy atom. The fraction of sp³-hybridized carbons (Fsp3) is 0.579. The zero-order valence-corrected chi connectivity index (χ0v) is 18.2. The normalized spacial score (nSPS) is 12.0. The monoisotopic (exact) mass is 476 g/mol. The molecule has 1 unspecified atom stereocenters. The molecule has 4 N–H and O–H groups in total. The molecule has 0 saturated carbocycles. The number of carbonyl (C=O) groups excluding carboxylic acids is 1. The topological polar surface area (TPSA) is 85.8 Å². The summed E-state index contributed by atoms with van der Waals surface area (Å²) in [6.07, 6.45) is 2.94. The summed E-state index contributed by atoms with van der Waals surface area (Å²) in [5, 5.41) is 18.5. The molecule has 0 heterocycles. The average molecular weight is 476 g/mol. The van der Waals surface area contributed by atoms with Gasteiger partial charge in [-0.05, 0) is 37.8 Å². The predicted molar refractivity (Wildman–Crippen MR) is 118 cm³/mol. The third kappa shape index (κ3) is 10.6. The highest BCUT2D eigenvalue weighted by Gasteiger charge is 2.07. The molecule has 0 radical (unpaired) electrons. The van der Waals surface area contributed by atoms with Crippen molar-refractivity contribution in [2.24, 2.45) is 10.9 Å². The number of carbonyl (C=O) groups is 1. The van der Waals surface area contributed by atoms with Gasteiger partial charge in [-0.2, -0.15) is 0 Å². The van der Waals surface area contributed by atoms with Gasteiger partial charge in [0.1, 0.15) is 0 Å². The van der Waals surface area contributed by atoms with E-state index in [4.69, 9.17) is 5.11 Å². The number of nitrogens with one attached hydrogen (secondary N) is 3. The molecule has 0 aromatic heterocycles. The second kappa shape index (κ2) is 15.9. The van der Waals surface area contributed by atoms with E-state index in [-0.39, 0.29) is 36.5 Å². The van der Waals surface area contributed by atoms with Crippen LogP contribution < -0.4 is 16.0 Å². The van der Waals surface area contributed by atoms with Crippen LogP contribution in [0.1, 0.15) is 43.5 Å². The van der Waals surface area contributed by atoms with Crippen molar-refractivity contribution >= 4 is 35.8 Å². The molecule has 1 amide bonds. The molecule has 0 aliphatic carbocycles. The van der Waals surface area contributed by atoms with Crippen LogP contribution in [0.25, 0.3) is 0 Å². The number of hydrogen-bond acceptors (Lipinski definition) is 3. The summed E-state index contributed by atoms with van der Waals surface area (Å²) in [7, 11) is 0. The molecule has 0 aliphatic rings. The van der Waals surface area contributed by atoms with Crippen molar-refractivity contribution in [3.63, 3.8) is 0 Å². The van der Waals surface area contributed by atoms with Crippen molar-refractivity contribution in [2.45, 2.75) is 33.1 Å². The van der Waals surface area contributed by atoms with Gasteiger partial charge in [-0.1, -0.05) is 31.5 Å². The molecular formula is C19H33IN4O2. The van der Waals surface area contributed by atoms with Crippen LogP contribution in [0.4, 0.5) is 0 Å². The molecule has 26 heavy (non-hydrogen) atoms. The fourth-order valence-corrected chi connectivity index (χ4v) is 2.53. The maximum absolute atomic E-state index is 12.0. The Labute approximate surface area is 174 Å². The Kier molecular flexibility index (Phi) is 15.0. The van der Waals surface area contributed by atoms with E-state index in [1.54, 1.807) is 12.1 Å². The van der Waals surface area contributed by atoms with Crippen molar-refractivity contribution in [2.75, 3.05) is 32.8 Å². The van der Waals surface area contributed by atoms with Gasteiger partial charge in [-0.3, -0.25) is 9.79 Å². The highest BCUT2D eigenvalue weighted by atomic mass is 127. The lowest BCUT2D eigenvalue weighted by Crippen LogP contribution is -2.41. The van der Waals surface area contributed by atoms with Crippen LogP contribution in [0.3, 0.4) is 0 Å². The van der Waals surface area contributed by atoms with Crippen molar-refractivity contribution in [3.05, 3.63) is 35.9 Å². The van der Waals surface area contributed by atoms with Crippen LogP contribution in [0.15, 0.2) is 35.3 Å². The Morgan fingerprint density at radius 2 is 1.77 bits per heavy atom.